The Hall–Kier alpha value is -5.24. The quantitative estimate of drug-likeness (QED) is 0.143. The van der Waals surface area contributed by atoms with Crippen LogP contribution < -0.4 is 38.5 Å². The SMILES string of the molecule is CN(C)c1ccc(N)cc1.Nc1ccc(N)cc1.Nc1ccc2c3c(cccc13)NC(c1ccc(O)cc1)N2. The summed E-state index contributed by atoms with van der Waals surface area (Å²) < 4.78 is 0. The second kappa shape index (κ2) is 11.9. The molecule has 0 saturated carbocycles. The zero-order valence-electron chi connectivity index (χ0n) is 22.1. The number of aromatic hydroxyl groups is 1. The van der Waals surface area contributed by atoms with Crippen LogP contribution in [0.4, 0.5) is 39.8 Å². The number of phenolic OH excluding ortho intramolecular Hbond substituents is 1. The van der Waals surface area contributed by atoms with E-state index in [4.69, 9.17) is 22.9 Å². The van der Waals surface area contributed by atoms with Crippen LogP contribution in [0.2, 0.25) is 0 Å². The van der Waals surface area contributed by atoms with Crippen LogP contribution in [0.15, 0.2) is 103 Å². The Morgan fingerprint density at radius 1 is 0.615 bits per heavy atom. The Kier molecular flexibility index (Phi) is 8.16. The molecule has 200 valence electrons. The molecule has 0 fully saturated rings. The van der Waals surface area contributed by atoms with Gasteiger partial charge in [-0.05, 0) is 84.4 Å². The van der Waals surface area contributed by atoms with Crippen molar-refractivity contribution in [3.05, 3.63) is 109 Å². The smallest absolute Gasteiger partial charge is 0.123 e. The fourth-order valence-corrected chi connectivity index (χ4v) is 4.12. The van der Waals surface area contributed by atoms with Gasteiger partial charge in [0.25, 0.3) is 0 Å². The lowest BCUT2D eigenvalue weighted by Gasteiger charge is -2.30. The highest BCUT2D eigenvalue weighted by Gasteiger charge is 2.20. The maximum atomic E-state index is 9.41. The zero-order valence-corrected chi connectivity index (χ0v) is 22.1. The predicted molar refractivity (Wildman–Crippen MR) is 167 cm³/mol. The molecule has 0 aliphatic carbocycles. The molecular weight excluding hydrogens is 486 g/mol. The molecule has 39 heavy (non-hydrogen) atoms. The van der Waals surface area contributed by atoms with Crippen molar-refractivity contribution in [1.29, 1.82) is 0 Å². The Balaban J connectivity index is 0.000000163. The molecule has 1 heterocycles. The third kappa shape index (κ3) is 6.75. The lowest BCUT2D eigenvalue weighted by Crippen LogP contribution is -2.23. The topological polar surface area (TPSA) is 152 Å². The van der Waals surface area contributed by atoms with E-state index < -0.39 is 0 Å². The molecule has 6 rings (SSSR count). The Labute approximate surface area is 228 Å². The van der Waals surface area contributed by atoms with E-state index in [0.717, 1.165) is 50.5 Å². The first-order chi connectivity index (χ1) is 18.7. The highest BCUT2D eigenvalue weighted by Crippen LogP contribution is 2.40. The molecule has 11 N–H and O–H groups in total. The van der Waals surface area contributed by atoms with Gasteiger partial charge < -0.3 is 43.6 Å². The molecule has 8 nitrogen and oxygen atoms in total. The number of nitrogen functional groups attached to an aromatic ring is 4. The summed E-state index contributed by atoms with van der Waals surface area (Å²) in [6, 6.07) is 32.1. The van der Waals surface area contributed by atoms with Crippen LogP contribution in [-0.4, -0.2) is 19.2 Å². The molecule has 5 aromatic rings. The largest absolute Gasteiger partial charge is 0.508 e. The maximum absolute atomic E-state index is 9.41. The van der Waals surface area contributed by atoms with E-state index >= 15 is 0 Å². The molecule has 0 bridgehead atoms. The van der Waals surface area contributed by atoms with Gasteiger partial charge in [0, 0.05) is 64.7 Å². The predicted octanol–water partition coefficient (Wildman–Crippen LogP) is 5.85. The van der Waals surface area contributed by atoms with Gasteiger partial charge in [-0.3, -0.25) is 0 Å². The fraction of sp³-hybridized carbons (Fsp3) is 0.0968. The average molecular weight is 522 g/mol. The molecule has 5 aromatic carbocycles. The number of nitrogens with two attached hydrogens (primary N) is 4. The third-order valence-electron chi connectivity index (χ3n) is 6.25. The second-order valence-electron chi connectivity index (χ2n) is 9.40. The van der Waals surface area contributed by atoms with E-state index in [1.165, 1.54) is 5.69 Å². The average Bonchev–Trinajstić information content (AvgIpc) is 2.93. The van der Waals surface area contributed by atoms with Crippen LogP contribution >= 0.6 is 0 Å². The van der Waals surface area contributed by atoms with Crippen molar-refractivity contribution in [3.8, 4) is 5.75 Å². The lowest BCUT2D eigenvalue weighted by molar-refractivity contribution is 0.475. The van der Waals surface area contributed by atoms with Crippen molar-refractivity contribution in [3.63, 3.8) is 0 Å². The van der Waals surface area contributed by atoms with Crippen LogP contribution in [0.1, 0.15) is 11.7 Å². The van der Waals surface area contributed by atoms with Crippen LogP contribution in [0.25, 0.3) is 10.8 Å². The van der Waals surface area contributed by atoms with Crippen LogP contribution in [0, 0.1) is 0 Å². The van der Waals surface area contributed by atoms with Crippen molar-refractivity contribution < 1.29 is 5.11 Å². The molecule has 8 heteroatoms. The lowest BCUT2D eigenvalue weighted by atomic mass is 10.0. The minimum absolute atomic E-state index is 0.0349. The molecule has 1 atom stereocenters. The molecule has 1 aliphatic rings. The molecule has 1 aliphatic heterocycles. The number of phenols is 1. The zero-order chi connectivity index (χ0) is 27.9. The normalized spacial score (nSPS) is 13.0. The van der Waals surface area contributed by atoms with Crippen molar-refractivity contribution in [2.24, 2.45) is 0 Å². The summed E-state index contributed by atoms with van der Waals surface area (Å²) in [4.78, 5) is 2.04. The summed E-state index contributed by atoms with van der Waals surface area (Å²) in [7, 11) is 4.01. The maximum Gasteiger partial charge on any atom is 0.123 e. The van der Waals surface area contributed by atoms with Gasteiger partial charge in [-0.2, -0.15) is 0 Å². The summed E-state index contributed by atoms with van der Waals surface area (Å²) in [6.07, 6.45) is -0.0349. The van der Waals surface area contributed by atoms with E-state index in [1.807, 2.05) is 79.7 Å². The fourth-order valence-electron chi connectivity index (χ4n) is 4.12. The molecular formula is C31H35N7O. The van der Waals surface area contributed by atoms with Crippen LogP contribution in [0.3, 0.4) is 0 Å². The summed E-state index contributed by atoms with van der Waals surface area (Å²) in [5.41, 5.74) is 29.8. The molecule has 0 spiro atoms. The first-order valence-electron chi connectivity index (χ1n) is 12.5. The number of anilines is 7. The second-order valence-corrected chi connectivity index (χ2v) is 9.40. The van der Waals surface area contributed by atoms with Gasteiger partial charge in [0.15, 0.2) is 0 Å². The van der Waals surface area contributed by atoms with Crippen molar-refractivity contribution in [2.45, 2.75) is 6.17 Å². The molecule has 0 amide bonds. The van der Waals surface area contributed by atoms with Crippen LogP contribution in [0.5, 0.6) is 5.75 Å². The standard InChI is InChI=1S/C17H15N3O.C8H12N2.C6H8N2/c18-13-8-9-15-16-12(13)2-1-3-14(16)19-17(20-15)10-4-6-11(21)7-5-10;1-10(2)8-5-3-7(9)4-6-8;7-5-1-2-6(8)4-3-5/h1-9,17,19-21H,18H2;3-6H,9H2,1-2H3;1-4H,7-8H2. The van der Waals surface area contributed by atoms with E-state index in [1.54, 1.807) is 36.4 Å². The monoisotopic (exact) mass is 521 g/mol. The van der Waals surface area contributed by atoms with Gasteiger partial charge in [0.05, 0.1) is 0 Å². The van der Waals surface area contributed by atoms with Gasteiger partial charge in [0.2, 0.25) is 0 Å². The van der Waals surface area contributed by atoms with Crippen molar-refractivity contribution in [1.82, 2.24) is 0 Å². The first kappa shape index (κ1) is 26.8. The number of nitrogens with one attached hydrogen (secondary N) is 2. The van der Waals surface area contributed by atoms with Gasteiger partial charge >= 0.3 is 0 Å². The summed E-state index contributed by atoms with van der Waals surface area (Å²) in [5.74, 6) is 0.268. The molecule has 0 radical (unpaired) electrons. The number of benzene rings is 5. The van der Waals surface area contributed by atoms with Crippen molar-refractivity contribution in [2.75, 3.05) is 52.6 Å². The van der Waals surface area contributed by atoms with Crippen molar-refractivity contribution >= 4 is 50.6 Å². The number of hydrogen-bond donors (Lipinski definition) is 7. The molecule has 0 saturated heterocycles. The van der Waals surface area contributed by atoms with Gasteiger partial charge in [-0.25, -0.2) is 0 Å². The van der Waals surface area contributed by atoms with Gasteiger partial charge in [0.1, 0.15) is 11.9 Å². The Bertz CT molecular complexity index is 1480. The molecule has 1 unspecified atom stereocenters. The first-order valence-corrected chi connectivity index (χ1v) is 12.5. The minimum atomic E-state index is -0.0349. The summed E-state index contributed by atoms with van der Waals surface area (Å²) >= 11 is 0. The third-order valence-corrected chi connectivity index (χ3v) is 6.25. The van der Waals surface area contributed by atoms with Crippen LogP contribution in [-0.2, 0) is 0 Å². The van der Waals surface area contributed by atoms with E-state index in [0.29, 0.717) is 0 Å². The van der Waals surface area contributed by atoms with E-state index in [9.17, 15) is 5.11 Å². The number of nitrogens with zero attached hydrogens (tertiary/aromatic N) is 1. The summed E-state index contributed by atoms with van der Waals surface area (Å²) in [6.45, 7) is 0. The minimum Gasteiger partial charge on any atom is -0.508 e. The highest BCUT2D eigenvalue weighted by molar-refractivity contribution is 6.09. The van der Waals surface area contributed by atoms with E-state index in [-0.39, 0.29) is 11.9 Å². The number of hydrogen-bond acceptors (Lipinski definition) is 8. The van der Waals surface area contributed by atoms with Gasteiger partial charge in [-0.15, -0.1) is 0 Å². The highest BCUT2D eigenvalue weighted by atomic mass is 16.3. The molecule has 0 aromatic heterocycles. The number of rotatable bonds is 2. The Morgan fingerprint density at radius 3 is 1.67 bits per heavy atom. The summed E-state index contributed by atoms with van der Waals surface area (Å²) in [5, 5.41) is 18.5. The van der Waals surface area contributed by atoms with Gasteiger partial charge in [-0.1, -0.05) is 24.3 Å². The van der Waals surface area contributed by atoms with E-state index in [2.05, 4.69) is 16.7 Å². The Morgan fingerprint density at radius 2 is 1.13 bits per heavy atom.